The van der Waals surface area contributed by atoms with Gasteiger partial charge >= 0.3 is 12.3 Å². The number of amides is 1. The molecular weight excluding hydrogens is 247 g/mol. The highest BCUT2D eigenvalue weighted by Gasteiger charge is 2.31. The molecule has 0 heterocycles. The molecule has 3 nitrogen and oxygen atoms in total. The van der Waals surface area contributed by atoms with Crippen molar-refractivity contribution in [3.63, 3.8) is 0 Å². The molecule has 1 aromatic carbocycles. The van der Waals surface area contributed by atoms with E-state index in [2.05, 4.69) is 4.74 Å². The minimum absolute atomic E-state index is 0.126. The smallest absolute Gasteiger partial charge is 0.410 e. The molecular formula is C9H7ClF3NO2. The van der Waals surface area contributed by atoms with Crippen molar-refractivity contribution in [3.05, 3.63) is 29.3 Å². The highest BCUT2D eigenvalue weighted by Crippen LogP contribution is 2.33. The zero-order valence-electron chi connectivity index (χ0n) is 7.84. The molecule has 0 radical (unpaired) electrons. The van der Waals surface area contributed by atoms with Crippen LogP contribution < -0.4 is 10.5 Å². The third-order valence-corrected chi connectivity index (χ3v) is 1.97. The summed E-state index contributed by atoms with van der Waals surface area (Å²) in [5.41, 5.74) is 3.94. The molecule has 1 rings (SSSR count). The van der Waals surface area contributed by atoms with Crippen molar-refractivity contribution >= 4 is 17.7 Å². The van der Waals surface area contributed by atoms with E-state index in [1.54, 1.807) is 0 Å². The predicted octanol–water partition coefficient (Wildman–Crippen LogP) is 2.90. The van der Waals surface area contributed by atoms with Crippen molar-refractivity contribution in [2.75, 3.05) is 0 Å². The van der Waals surface area contributed by atoms with Gasteiger partial charge < -0.3 is 10.5 Å². The summed E-state index contributed by atoms with van der Waals surface area (Å²) in [6.07, 6.45) is -5.71. The number of hydrogen-bond donors (Lipinski definition) is 1. The van der Waals surface area contributed by atoms with Gasteiger partial charge in [-0.1, -0.05) is 0 Å². The lowest BCUT2D eigenvalue weighted by atomic mass is 10.1. The van der Waals surface area contributed by atoms with Crippen LogP contribution in [0.5, 0.6) is 5.75 Å². The van der Waals surface area contributed by atoms with Gasteiger partial charge in [0.25, 0.3) is 0 Å². The van der Waals surface area contributed by atoms with Gasteiger partial charge in [0.2, 0.25) is 0 Å². The maximum atomic E-state index is 12.4. The zero-order valence-corrected chi connectivity index (χ0v) is 8.60. The number of alkyl halides is 4. The van der Waals surface area contributed by atoms with E-state index in [1.807, 2.05) is 0 Å². The predicted molar refractivity (Wildman–Crippen MR) is 51.2 cm³/mol. The second-order valence-electron chi connectivity index (χ2n) is 2.92. The molecule has 16 heavy (non-hydrogen) atoms. The van der Waals surface area contributed by atoms with E-state index in [0.29, 0.717) is 6.07 Å². The molecule has 0 aliphatic heterocycles. The number of primary amides is 1. The Hall–Kier alpha value is -1.43. The summed E-state index contributed by atoms with van der Waals surface area (Å²) in [4.78, 5) is 10.4. The lowest BCUT2D eigenvalue weighted by Gasteiger charge is -2.10. The summed E-state index contributed by atoms with van der Waals surface area (Å²) in [6.45, 7) is 0. The normalized spacial score (nSPS) is 11.2. The Morgan fingerprint density at radius 1 is 1.38 bits per heavy atom. The number of halogens is 4. The van der Waals surface area contributed by atoms with Crippen LogP contribution in [0, 0.1) is 0 Å². The largest absolute Gasteiger partial charge is 0.416 e. The molecule has 2 N–H and O–H groups in total. The van der Waals surface area contributed by atoms with Crippen LogP contribution in [0.4, 0.5) is 18.0 Å². The summed E-state index contributed by atoms with van der Waals surface area (Å²) in [7, 11) is 0. The van der Waals surface area contributed by atoms with Crippen LogP contribution in [-0.4, -0.2) is 6.09 Å². The Labute approximate surface area is 93.9 Å². The number of nitrogens with two attached hydrogens (primary N) is 1. The van der Waals surface area contributed by atoms with E-state index in [9.17, 15) is 18.0 Å². The molecule has 0 atom stereocenters. The van der Waals surface area contributed by atoms with Crippen LogP contribution in [0.1, 0.15) is 11.1 Å². The molecule has 7 heteroatoms. The van der Waals surface area contributed by atoms with E-state index in [-0.39, 0.29) is 17.2 Å². The van der Waals surface area contributed by atoms with Gasteiger partial charge in [0, 0.05) is 5.88 Å². The number of hydrogen-bond acceptors (Lipinski definition) is 2. The molecule has 0 aromatic heterocycles. The van der Waals surface area contributed by atoms with Crippen LogP contribution in [0.2, 0.25) is 0 Å². The van der Waals surface area contributed by atoms with Gasteiger partial charge in [0.05, 0.1) is 5.56 Å². The Kier molecular flexibility index (Phi) is 3.64. The fourth-order valence-corrected chi connectivity index (χ4v) is 1.23. The highest BCUT2D eigenvalue weighted by atomic mass is 35.5. The third kappa shape index (κ3) is 3.30. The zero-order chi connectivity index (χ0) is 12.3. The Bertz CT molecular complexity index is 406. The van der Waals surface area contributed by atoms with Gasteiger partial charge in [-0.3, -0.25) is 0 Å². The fraction of sp³-hybridized carbons (Fsp3) is 0.222. The number of carbonyl (C=O) groups is 1. The first-order chi connectivity index (χ1) is 7.32. The summed E-state index contributed by atoms with van der Waals surface area (Å²) < 4.78 is 41.6. The van der Waals surface area contributed by atoms with E-state index in [0.717, 1.165) is 6.07 Å². The van der Waals surface area contributed by atoms with Crippen molar-refractivity contribution in [1.29, 1.82) is 0 Å². The van der Waals surface area contributed by atoms with Gasteiger partial charge in [0.15, 0.2) is 0 Å². The van der Waals surface area contributed by atoms with Crippen molar-refractivity contribution in [2.24, 2.45) is 5.73 Å². The van der Waals surface area contributed by atoms with E-state index >= 15 is 0 Å². The van der Waals surface area contributed by atoms with Crippen LogP contribution in [0.25, 0.3) is 0 Å². The monoisotopic (exact) mass is 253 g/mol. The van der Waals surface area contributed by atoms with Gasteiger partial charge in [-0.2, -0.15) is 13.2 Å². The molecule has 0 saturated heterocycles. The second kappa shape index (κ2) is 4.61. The van der Waals surface area contributed by atoms with Gasteiger partial charge in [-0.15, -0.1) is 11.6 Å². The average molecular weight is 254 g/mol. The fourth-order valence-electron chi connectivity index (χ4n) is 1.08. The maximum absolute atomic E-state index is 12.4. The summed E-state index contributed by atoms with van der Waals surface area (Å²) in [5, 5.41) is 0. The van der Waals surface area contributed by atoms with Crippen LogP contribution >= 0.6 is 11.6 Å². The summed E-state index contributed by atoms with van der Waals surface area (Å²) >= 11 is 5.42. The van der Waals surface area contributed by atoms with Crippen molar-refractivity contribution in [1.82, 2.24) is 0 Å². The standard InChI is InChI=1S/C9H7ClF3NO2/c10-4-5-1-6(9(11,12)13)3-7(2-5)16-8(14)15/h1-3H,4H2,(H2,14,15). The number of ether oxygens (including phenoxy) is 1. The first-order valence-electron chi connectivity index (χ1n) is 4.07. The van der Waals surface area contributed by atoms with Gasteiger partial charge in [0.1, 0.15) is 5.75 Å². The van der Waals surface area contributed by atoms with Crippen molar-refractivity contribution < 1.29 is 22.7 Å². The Balaban J connectivity index is 3.16. The molecule has 88 valence electrons. The number of carbonyl (C=O) groups excluding carboxylic acids is 1. The highest BCUT2D eigenvalue weighted by molar-refractivity contribution is 6.17. The van der Waals surface area contributed by atoms with Crippen LogP contribution in [-0.2, 0) is 12.1 Å². The first kappa shape index (κ1) is 12.6. The molecule has 0 bridgehead atoms. The summed E-state index contributed by atoms with van der Waals surface area (Å²) in [5.74, 6) is -0.406. The lowest BCUT2D eigenvalue weighted by molar-refractivity contribution is -0.137. The number of benzene rings is 1. The lowest BCUT2D eigenvalue weighted by Crippen LogP contribution is -2.17. The SMILES string of the molecule is NC(=O)Oc1cc(CCl)cc(C(F)(F)F)c1. The quantitative estimate of drug-likeness (QED) is 0.824. The third-order valence-electron chi connectivity index (χ3n) is 1.67. The van der Waals surface area contributed by atoms with Crippen molar-refractivity contribution in [2.45, 2.75) is 12.1 Å². The van der Waals surface area contributed by atoms with Crippen LogP contribution in [0.3, 0.4) is 0 Å². The molecule has 0 aliphatic carbocycles. The van der Waals surface area contributed by atoms with Crippen LogP contribution in [0.15, 0.2) is 18.2 Å². The van der Waals surface area contributed by atoms with Gasteiger partial charge in [-0.25, -0.2) is 4.79 Å². The Morgan fingerprint density at radius 2 is 2.00 bits per heavy atom. The van der Waals surface area contributed by atoms with E-state index in [4.69, 9.17) is 17.3 Å². The molecule has 0 aliphatic rings. The average Bonchev–Trinajstić information content (AvgIpc) is 2.14. The first-order valence-corrected chi connectivity index (χ1v) is 4.61. The Morgan fingerprint density at radius 3 is 2.44 bits per heavy atom. The molecule has 0 spiro atoms. The van der Waals surface area contributed by atoms with E-state index in [1.165, 1.54) is 6.07 Å². The molecule has 0 saturated carbocycles. The van der Waals surface area contributed by atoms with Gasteiger partial charge in [-0.05, 0) is 23.8 Å². The molecule has 0 unspecified atom stereocenters. The second-order valence-corrected chi connectivity index (χ2v) is 3.19. The number of rotatable bonds is 2. The van der Waals surface area contributed by atoms with E-state index < -0.39 is 17.8 Å². The topological polar surface area (TPSA) is 52.3 Å². The summed E-state index contributed by atoms with van der Waals surface area (Å²) in [6, 6.07) is 2.77. The van der Waals surface area contributed by atoms with Crippen molar-refractivity contribution in [3.8, 4) is 5.75 Å². The minimum Gasteiger partial charge on any atom is -0.410 e. The maximum Gasteiger partial charge on any atom is 0.416 e. The molecule has 1 aromatic rings. The minimum atomic E-state index is -4.53. The molecule has 0 fully saturated rings. The molecule has 1 amide bonds.